The second-order valence-electron chi connectivity index (χ2n) is 4.34. The second-order valence-corrected chi connectivity index (χ2v) is 4.34. The maximum absolute atomic E-state index is 12.8. The first-order valence-electron chi connectivity index (χ1n) is 5.99. The minimum atomic E-state index is -1.56. The molecule has 2 aromatic carbocycles. The van der Waals surface area contributed by atoms with Crippen molar-refractivity contribution >= 4 is 24.2 Å². The van der Waals surface area contributed by atoms with Crippen LogP contribution in [-0.4, -0.2) is 30.1 Å². The molecule has 6 heteroatoms. The SMILES string of the molecule is CN(C(=O)c1ccc(B(O)O)cc1)c1ccc(F)cc1. The zero-order valence-electron chi connectivity index (χ0n) is 10.8. The number of benzene rings is 2. The summed E-state index contributed by atoms with van der Waals surface area (Å²) in [4.78, 5) is 13.6. The molecule has 0 spiro atoms. The fraction of sp³-hybridized carbons (Fsp3) is 0.0714. The van der Waals surface area contributed by atoms with Crippen LogP contribution in [0.2, 0.25) is 0 Å². The monoisotopic (exact) mass is 273 g/mol. The molecule has 102 valence electrons. The van der Waals surface area contributed by atoms with E-state index in [0.717, 1.165) is 0 Å². The van der Waals surface area contributed by atoms with Crippen molar-refractivity contribution in [1.29, 1.82) is 0 Å². The molecule has 0 bridgehead atoms. The van der Waals surface area contributed by atoms with Gasteiger partial charge in [0.15, 0.2) is 0 Å². The fourth-order valence-corrected chi connectivity index (χ4v) is 1.77. The summed E-state index contributed by atoms with van der Waals surface area (Å²) < 4.78 is 12.8. The smallest absolute Gasteiger partial charge is 0.423 e. The first-order chi connectivity index (χ1) is 9.49. The van der Waals surface area contributed by atoms with Crippen LogP contribution in [0.1, 0.15) is 10.4 Å². The van der Waals surface area contributed by atoms with Crippen LogP contribution >= 0.6 is 0 Å². The van der Waals surface area contributed by atoms with Gasteiger partial charge in [-0.2, -0.15) is 0 Å². The Kier molecular flexibility index (Phi) is 4.17. The molecule has 20 heavy (non-hydrogen) atoms. The van der Waals surface area contributed by atoms with Gasteiger partial charge in [-0.05, 0) is 41.9 Å². The Balaban J connectivity index is 2.20. The average Bonchev–Trinajstić information content (AvgIpc) is 2.46. The van der Waals surface area contributed by atoms with E-state index in [2.05, 4.69) is 0 Å². The van der Waals surface area contributed by atoms with Crippen molar-refractivity contribution < 1.29 is 19.2 Å². The fourth-order valence-electron chi connectivity index (χ4n) is 1.77. The minimum Gasteiger partial charge on any atom is -0.423 e. The molecule has 0 aromatic heterocycles. The third kappa shape index (κ3) is 3.04. The summed E-state index contributed by atoms with van der Waals surface area (Å²) in [6.07, 6.45) is 0. The number of hydrogen-bond donors (Lipinski definition) is 2. The molecule has 0 fully saturated rings. The van der Waals surface area contributed by atoms with Gasteiger partial charge in [-0.15, -0.1) is 0 Å². The van der Waals surface area contributed by atoms with Crippen molar-refractivity contribution in [2.75, 3.05) is 11.9 Å². The molecule has 0 unspecified atom stereocenters. The Hall–Kier alpha value is -2.18. The lowest BCUT2D eigenvalue weighted by Crippen LogP contribution is -2.31. The summed E-state index contributed by atoms with van der Waals surface area (Å²) in [5.74, 6) is -0.633. The highest BCUT2D eigenvalue weighted by atomic mass is 19.1. The van der Waals surface area contributed by atoms with Crippen LogP contribution in [0.4, 0.5) is 10.1 Å². The van der Waals surface area contributed by atoms with Gasteiger partial charge < -0.3 is 14.9 Å². The summed E-state index contributed by atoms with van der Waals surface area (Å²) in [6.45, 7) is 0. The Morgan fingerprint density at radius 1 is 1.05 bits per heavy atom. The van der Waals surface area contributed by atoms with Crippen molar-refractivity contribution in [2.45, 2.75) is 0 Å². The average molecular weight is 273 g/mol. The first kappa shape index (κ1) is 14.2. The van der Waals surface area contributed by atoms with E-state index >= 15 is 0 Å². The van der Waals surface area contributed by atoms with E-state index in [1.54, 1.807) is 7.05 Å². The lowest BCUT2D eigenvalue weighted by Gasteiger charge is -2.17. The van der Waals surface area contributed by atoms with E-state index in [-0.39, 0.29) is 11.7 Å². The number of carbonyl (C=O) groups is 1. The van der Waals surface area contributed by atoms with Gasteiger partial charge in [0, 0.05) is 18.3 Å². The summed E-state index contributed by atoms with van der Waals surface area (Å²) >= 11 is 0. The summed E-state index contributed by atoms with van der Waals surface area (Å²) in [5.41, 5.74) is 1.29. The summed E-state index contributed by atoms with van der Waals surface area (Å²) in [6, 6.07) is 11.5. The van der Waals surface area contributed by atoms with Crippen LogP contribution in [0.5, 0.6) is 0 Å². The molecule has 1 amide bonds. The Morgan fingerprint density at radius 2 is 1.60 bits per heavy atom. The van der Waals surface area contributed by atoms with Gasteiger partial charge in [-0.1, -0.05) is 12.1 Å². The van der Waals surface area contributed by atoms with Crippen molar-refractivity contribution in [1.82, 2.24) is 0 Å². The molecule has 0 atom stereocenters. The molecule has 2 N–H and O–H groups in total. The zero-order chi connectivity index (χ0) is 14.7. The lowest BCUT2D eigenvalue weighted by molar-refractivity contribution is 0.0993. The van der Waals surface area contributed by atoms with Gasteiger partial charge in [-0.25, -0.2) is 4.39 Å². The highest BCUT2D eigenvalue weighted by molar-refractivity contribution is 6.58. The second kappa shape index (κ2) is 5.86. The largest absolute Gasteiger partial charge is 0.488 e. The summed E-state index contributed by atoms with van der Waals surface area (Å²) in [5, 5.41) is 18.0. The molecule has 4 nitrogen and oxygen atoms in total. The maximum Gasteiger partial charge on any atom is 0.488 e. The molecular weight excluding hydrogens is 260 g/mol. The Morgan fingerprint density at radius 3 is 2.10 bits per heavy atom. The molecule has 0 aliphatic rings. The molecule has 2 aromatic rings. The van der Waals surface area contributed by atoms with Crippen LogP contribution < -0.4 is 10.4 Å². The van der Waals surface area contributed by atoms with Gasteiger partial charge in [0.1, 0.15) is 5.82 Å². The van der Waals surface area contributed by atoms with Crippen molar-refractivity contribution in [3.63, 3.8) is 0 Å². The molecular formula is C14H13BFNO3. The van der Waals surface area contributed by atoms with Gasteiger partial charge in [0.2, 0.25) is 0 Å². The van der Waals surface area contributed by atoms with Gasteiger partial charge in [-0.3, -0.25) is 4.79 Å². The number of anilines is 1. The predicted octanol–water partition coefficient (Wildman–Crippen LogP) is 0.782. The van der Waals surface area contributed by atoms with E-state index in [0.29, 0.717) is 16.7 Å². The van der Waals surface area contributed by atoms with E-state index in [1.807, 2.05) is 0 Å². The molecule has 0 heterocycles. The van der Waals surface area contributed by atoms with Crippen LogP contribution in [0.15, 0.2) is 48.5 Å². The van der Waals surface area contributed by atoms with Crippen molar-refractivity contribution in [3.05, 3.63) is 59.9 Å². The maximum atomic E-state index is 12.8. The van der Waals surface area contributed by atoms with Gasteiger partial charge in [0.25, 0.3) is 5.91 Å². The van der Waals surface area contributed by atoms with Crippen LogP contribution in [0.3, 0.4) is 0 Å². The van der Waals surface area contributed by atoms with E-state index in [4.69, 9.17) is 10.0 Å². The molecule has 2 rings (SSSR count). The van der Waals surface area contributed by atoms with E-state index in [1.165, 1.54) is 53.4 Å². The third-order valence-corrected chi connectivity index (χ3v) is 2.97. The predicted molar refractivity (Wildman–Crippen MR) is 75.4 cm³/mol. The highest BCUT2D eigenvalue weighted by Crippen LogP contribution is 2.15. The van der Waals surface area contributed by atoms with Gasteiger partial charge >= 0.3 is 7.12 Å². The molecule has 0 aliphatic carbocycles. The number of nitrogens with zero attached hydrogens (tertiary/aromatic N) is 1. The third-order valence-electron chi connectivity index (χ3n) is 2.97. The van der Waals surface area contributed by atoms with Crippen LogP contribution in [-0.2, 0) is 0 Å². The number of halogens is 1. The number of carbonyl (C=O) groups excluding carboxylic acids is 1. The number of hydrogen-bond acceptors (Lipinski definition) is 3. The zero-order valence-corrected chi connectivity index (χ0v) is 10.8. The Bertz CT molecular complexity index is 599. The van der Waals surface area contributed by atoms with E-state index in [9.17, 15) is 9.18 Å². The highest BCUT2D eigenvalue weighted by Gasteiger charge is 2.15. The molecule has 0 radical (unpaired) electrons. The quantitative estimate of drug-likeness (QED) is 0.812. The minimum absolute atomic E-state index is 0.268. The molecule has 0 aliphatic heterocycles. The van der Waals surface area contributed by atoms with Crippen LogP contribution in [0, 0.1) is 5.82 Å². The Labute approximate surface area is 116 Å². The van der Waals surface area contributed by atoms with Crippen molar-refractivity contribution in [2.24, 2.45) is 0 Å². The number of rotatable bonds is 3. The summed E-state index contributed by atoms with van der Waals surface area (Å²) in [7, 11) is 0.0265. The topological polar surface area (TPSA) is 60.8 Å². The lowest BCUT2D eigenvalue weighted by atomic mass is 9.80. The standard InChI is InChI=1S/C14H13BFNO3/c1-17(13-8-6-12(16)7-9-13)14(18)10-2-4-11(5-3-10)15(19)20/h2-9,19-20H,1H3. The first-order valence-corrected chi connectivity index (χ1v) is 5.99. The normalized spacial score (nSPS) is 10.2. The number of amides is 1. The van der Waals surface area contributed by atoms with Crippen molar-refractivity contribution in [3.8, 4) is 0 Å². The van der Waals surface area contributed by atoms with Crippen LogP contribution in [0.25, 0.3) is 0 Å². The molecule has 0 saturated heterocycles. The van der Waals surface area contributed by atoms with Gasteiger partial charge in [0.05, 0.1) is 0 Å². The van der Waals surface area contributed by atoms with E-state index < -0.39 is 7.12 Å². The molecule has 0 saturated carbocycles.